The van der Waals surface area contributed by atoms with E-state index < -0.39 is 46.2 Å². The Labute approximate surface area is 135 Å². The van der Waals surface area contributed by atoms with Crippen molar-refractivity contribution in [3.05, 3.63) is 69.8 Å². The van der Waals surface area contributed by atoms with Crippen molar-refractivity contribution in [2.75, 3.05) is 7.05 Å². The van der Waals surface area contributed by atoms with Crippen LogP contribution in [0.25, 0.3) is 0 Å². The summed E-state index contributed by atoms with van der Waals surface area (Å²) in [5, 5.41) is 0. The minimum absolute atomic E-state index is 0.00600. The lowest BCUT2D eigenvalue weighted by molar-refractivity contribution is 0.0645. The molecule has 0 aliphatic carbocycles. The monoisotopic (exact) mass is 339 g/mol. The van der Waals surface area contributed by atoms with Crippen LogP contribution in [0.1, 0.15) is 31.8 Å². The van der Waals surface area contributed by atoms with Crippen molar-refractivity contribution in [3.8, 4) is 0 Å². The number of nitrogens with zero attached hydrogens (tertiary/aromatic N) is 1. The van der Waals surface area contributed by atoms with Gasteiger partial charge in [0.25, 0.3) is 11.8 Å². The van der Waals surface area contributed by atoms with Gasteiger partial charge in [0.2, 0.25) is 0 Å². The fourth-order valence-corrected chi connectivity index (χ4v) is 2.13. The molecule has 0 bridgehead atoms. The summed E-state index contributed by atoms with van der Waals surface area (Å²) in [6, 6.07) is 4.00. The van der Waals surface area contributed by atoms with Crippen molar-refractivity contribution >= 4 is 11.8 Å². The van der Waals surface area contributed by atoms with Crippen molar-refractivity contribution in [1.29, 1.82) is 0 Å². The van der Waals surface area contributed by atoms with Crippen LogP contribution in [0.15, 0.2) is 24.3 Å². The maximum Gasteiger partial charge on any atom is 0.266 e. The maximum absolute atomic E-state index is 14.0. The maximum atomic E-state index is 14.0. The van der Waals surface area contributed by atoms with Crippen molar-refractivity contribution in [3.63, 3.8) is 0 Å². The summed E-state index contributed by atoms with van der Waals surface area (Å²) in [5.74, 6) is -7.28. The Morgan fingerprint density at radius 3 is 1.42 bits per heavy atom. The molecule has 126 valence electrons. The summed E-state index contributed by atoms with van der Waals surface area (Å²) >= 11 is 0. The van der Waals surface area contributed by atoms with Gasteiger partial charge in [-0.1, -0.05) is 12.1 Å². The number of benzene rings is 2. The second kappa shape index (κ2) is 6.43. The minimum atomic E-state index is -1.33. The predicted octanol–water partition coefficient (Wildman–Crippen LogP) is 3.77. The molecule has 2 amide bonds. The highest BCUT2D eigenvalue weighted by molar-refractivity contribution is 6.10. The molecule has 2 aromatic rings. The first-order valence-electron chi connectivity index (χ1n) is 6.88. The van der Waals surface area contributed by atoms with Gasteiger partial charge in [-0.25, -0.2) is 17.6 Å². The van der Waals surface area contributed by atoms with E-state index in [4.69, 9.17) is 0 Å². The van der Waals surface area contributed by atoms with E-state index in [1.54, 1.807) is 0 Å². The van der Waals surface area contributed by atoms with Gasteiger partial charge in [0.05, 0.1) is 0 Å². The molecular weight excluding hydrogens is 326 g/mol. The molecule has 3 nitrogen and oxygen atoms in total. The number of hydrogen-bond acceptors (Lipinski definition) is 2. The number of carbonyl (C=O) groups excluding carboxylic acids is 2. The van der Waals surface area contributed by atoms with Crippen LogP contribution in [0.3, 0.4) is 0 Å². The number of carbonyl (C=O) groups is 2. The molecular formula is C17H13F4NO2. The quantitative estimate of drug-likeness (QED) is 0.617. The van der Waals surface area contributed by atoms with Crippen molar-refractivity contribution in [2.45, 2.75) is 13.8 Å². The third-order valence-corrected chi connectivity index (χ3v) is 3.61. The van der Waals surface area contributed by atoms with E-state index in [0.29, 0.717) is 0 Å². The van der Waals surface area contributed by atoms with Crippen LogP contribution < -0.4 is 0 Å². The molecule has 7 heteroatoms. The van der Waals surface area contributed by atoms with Crippen LogP contribution in [0, 0.1) is 37.1 Å². The average Bonchev–Trinajstić information content (AvgIpc) is 2.54. The molecule has 0 saturated heterocycles. The van der Waals surface area contributed by atoms with Gasteiger partial charge in [-0.2, -0.15) is 0 Å². The molecule has 0 unspecified atom stereocenters. The van der Waals surface area contributed by atoms with Gasteiger partial charge in [-0.05, 0) is 37.1 Å². The van der Waals surface area contributed by atoms with E-state index in [-0.39, 0.29) is 16.0 Å². The standard InChI is InChI=1S/C17H13F4NO2/c1-8-4-6-10(18)12(14(8)20)16(23)22(3)17(24)13-11(19)7-5-9(2)15(13)21/h4-7H,1-3H3. The van der Waals surface area contributed by atoms with Gasteiger partial charge < -0.3 is 0 Å². The summed E-state index contributed by atoms with van der Waals surface area (Å²) in [6.45, 7) is 2.63. The van der Waals surface area contributed by atoms with E-state index >= 15 is 0 Å². The molecule has 0 radical (unpaired) electrons. The van der Waals surface area contributed by atoms with Crippen LogP contribution in [0.5, 0.6) is 0 Å². The molecule has 2 rings (SSSR count). The zero-order chi connectivity index (χ0) is 18.2. The first-order chi connectivity index (χ1) is 11.2. The third-order valence-electron chi connectivity index (χ3n) is 3.61. The van der Waals surface area contributed by atoms with E-state index in [1.165, 1.54) is 13.8 Å². The van der Waals surface area contributed by atoms with E-state index in [1.807, 2.05) is 0 Å². The molecule has 2 aromatic carbocycles. The summed E-state index contributed by atoms with van der Waals surface area (Å²) in [6.07, 6.45) is 0. The summed E-state index contributed by atoms with van der Waals surface area (Å²) in [5.41, 5.74) is -1.93. The number of halogens is 4. The molecule has 0 N–H and O–H groups in total. The first kappa shape index (κ1) is 17.7. The molecule has 0 fully saturated rings. The molecule has 0 heterocycles. The topological polar surface area (TPSA) is 37.4 Å². The third kappa shape index (κ3) is 2.89. The highest BCUT2D eigenvalue weighted by Gasteiger charge is 2.30. The fraction of sp³-hybridized carbons (Fsp3) is 0.176. The van der Waals surface area contributed by atoms with Crippen molar-refractivity contribution in [2.24, 2.45) is 0 Å². The molecule has 0 saturated carbocycles. The van der Waals surface area contributed by atoms with Gasteiger partial charge in [0.1, 0.15) is 34.4 Å². The number of aryl methyl sites for hydroxylation is 2. The Balaban J connectivity index is 2.48. The van der Waals surface area contributed by atoms with E-state index in [9.17, 15) is 27.2 Å². The fourth-order valence-electron chi connectivity index (χ4n) is 2.13. The first-order valence-corrected chi connectivity index (χ1v) is 6.88. The van der Waals surface area contributed by atoms with Crippen LogP contribution >= 0.6 is 0 Å². The van der Waals surface area contributed by atoms with Gasteiger partial charge in [-0.3, -0.25) is 14.5 Å². The zero-order valence-corrected chi connectivity index (χ0v) is 13.1. The van der Waals surface area contributed by atoms with Crippen LogP contribution in [0.4, 0.5) is 17.6 Å². The van der Waals surface area contributed by atoms with Crippen LogP contribution in [0.2, 0.25) is 0 Å². The van der Waals surface area contributed by atoms with Crippen molar-refractivity contribution < 1.29 is 27.2 Å². The predicted molar refractivity (Wildman–Crippen MR) is 78.6 cm³/mol. The van der Waals surface area contributed by atoms with E-state index in [0.717, 1.165) is 31.3 Å². The number of rotatable bonds is 2. The Kier molecular flexibility index (Phi) is 4.73. The Morgan fingerprint density at radius 1 is 0.750 bits per heavy atom. The largest absolute Gasteiger partial charge is 0.277 e. The second-order valence-corrected chi connectivity index (χ2v) is 5.28. The Morgan fingerprint density at radius 2 is 1.08 bits per heavy atom. The van der Waals surface area contributed by atoms with Gasteiger partial charge in [0, 0.05) is 7.05 Å². The lowest BCUT2D eigenvalue weighted by Gasteiger charge is -2.18. The average molecular weight is 339 g/mol. The molecule has 24 heavy (non-hydrogen) atoms. The van der Waals surface area contributed by atoms with E-state index in [2.05, 4.69) is 0 Å². The van der Waals surface area contributed by atoms with Gasteiger partial charge in [0.15, 0.2) is 0 Å². The highest BCUT2D eigenvalue weighted by Crippen LogP contribution is 2.21. The minimum Gasteiger partial charge on any atom is -0.277 e. The molecule has 0 aliphatic heterocycles. The second-order valence-electron chi connectivity index (χ2n) is 5.28. The van der Waals surface area contributed by atoms with Gasteiger partial charge in [-0.15, -0.1) is 0 Å². The Bertz CT molecular complexity index is 779. The zero-order valence-electron chi connectivity index (χ0n) is 13.1. The smallest absolute Gasteiger partial charge is 0.266 e. The highest BCUT2D eigenvalue weighted by atomic mass is 19.1. The van der Waals surface area contributed by atoms with Gasteiger partial charge >= 0.3 is 0 Å². The lowest BCUT2D eigenvalue weighted by atomic mass is 10.1. The SMILES string of the molecule is Cc1ccc(F)c(C(=O)N(C)C(=O)c2c(F)ccc(C)c2F)c1F. The molecule has 0 atom stereocenters. The number of hydrogen-bond donors (Lipinski definition) is 0. The molecule has 0 aromatic heterocycles. The van der Waals surface area contributed by atoms with Crippen molar-refractivity contribution in [1.82, 2.24) is 4.90 Å². The molecule has 0 aliphatic rings. The lowest BCUT2D eigenvalue weighted by Crippen LogP contribution is -2.35. The van der Waals surface area contributed by atoms with Crippen LogP contribution in [-0.2, 0) is 0 Å². The number of imide groups is 1. The van der Waals surface area contributed by atoms with Crippen LogP contribution in [-0.4, -0.2) is 23.8 Å². The number of amides is 2. The Hall–Kier alpha value is -2.70. The normalized spacial score (nSPS) is 10.6. The molecule has 0 spiro atoms. The summed E-state index contributed by atoms with van der Waals surface area (Å²) < 4.78 is 55.6. The summed E-state index contributed by atoms with van der Waals surface area (Å²) in [4.78, 5) is 24.8. The summed E-state index contributed by atoms with van der Waals surface area (Å²) in [7, 11) is 0.896.